The van der Waals surface area contributed by atoms with Gasteiger partial charge in [0.15, 0.2) is 28.8 Å². The average molecular weight is 639 g/mol. The number of anilines is 1. The van der Waals surface area contributed by atoms with Crippen molar-refractivity contribution in [2.45, 2.75) is 12.0 Å². The van der Waals surface area contributed by atoms with Gasteiger partial charge in [0.2, 0.25) is 12.5 Å². The number of rotatable bonds is 9. The molecule has 1 aliphatic carbocycles. The molecule has 1 fully saturated rings. The zero-order chi connectivity index (χ0) is 32.8. The molecule has 0 spiro atoms. The van der Waals surface area contributed by atoms with Crippen LogP contribution in [0.25, 0.3) is 0 Å². The van der Waals surface area contributed by atoms with E-state index in [-0.39, 0.29) is 36.8 Å². The second kappa shape index (κ2) is 11.9. The van der Waals surface area contributed by atoms with Gasteiger partial charge in [0.25, 0.3) is 5.69 Å². The molecule has 0 saturated carbocycles. The first-order valence-corrected chi connectivity index (χ1v) is 14.9. The molecule has 12 nitrogen and oxygen atoms in total. The Hall–Kier alpha value is -5.78. The molecular weight excluding hydrogens is 608 g/mol. The number of benzene rings is 4. The van der Waals surface area contributed by atoms with E-state index in [1.54, 1.807) is 18.2 Å². The third-order valence-corrected chi connectivity index (χ3v) is 9.06. The fraction of sp³-hybridized carbons (Fsp3) is 0.257. The molecule has 0 unspecified atom stereocenters. The summed E-state index contributed by atoms with van der Waals surface area (Å²) in [4.78, 5) is 38.0. The van der Waals surface area contributed by atoms with Crippen LogP contribution in [0.2, 0.25) is 0 Å². The molecule has 47 heavy (non-hydrogen) atoms. The number of nitrogens with zero attached hydrogens (tertiary/aromatic N) is 1. The molecular formula is C35H30N2O10. The van der Waals surface area contributed by atoms with E-state index in [0.29, 0.717) is 45.6 Å². The molecule has 12 heteroatoms. The van der Waals surface area contributed by atoms with Crippen LogP contribution in [0.4, 0.5) is 11.4 Å². The standard InChI is InChI=1S/C35H30N2O10/c1-42-28-12-19(13-29(43-2)34(28)44-3)30-22-14-26-27(47-17-46-26)15-23(22)32(24-16-45-35(39)31(24)30)36-25-7-5-4-6-21(25)33(38)18-8-10-20(11-9-18)37(40)41/h4-15,24,30-32,36H,16-17H2,1-3H3/t24-,30+,31-,32+/m0/s1. The van der Waals surface area contributed by atoms with Gasteiger partial charge in [0, 0.05) is 40.8 Å². The van der Waals surface area contributed by atoms with Crippen molar-refractivity contribution in [2.24, 2.45) is 11.8 Å². The fourth-order valence-electron chi connectivity index (χ4n) is 6.89. The highest BCUT2D eigenvalue weighted by Crippen LogP contribution is 2.56. The number of ketones is 1. The van der Waals surface area contributed by atoms with E-state index in [1.807, 2.05) is 30.3 Å². The number of carbonyl (C=O) groups is 2. The molecule has 2 aliphatic heterocycles. The van der Waals surface area contributed by atoms with E-state index in [0.717, 1.165) is 16.7 Å². The highest BCUT2D eigenvalue weighted by Gasteiger charge is 2.53. The molecule has 0 amide bonds. The van der Waals surface area contributed by atoms with Crippen LogP contribution in [0.5, 0.6) is 28.7 Å². The summed E-state index contributed by atoms with van der Waals surface area (Å²) < 4.78 is 34.2. The Morgan fingerprint density at radius 3 is 2.17 bits per heavy atom. The quantitative estimate of drug-likeness (QED) is 0.105. The summed E-state index contributed by atoms with van der Waals surface area (Å²) in [6.07, 6.45) is 0. The van der Waals surface area contributed by atoms with E-state index in [1.165, 1.54) is 45.6 Å². The predicted molar refractivity (Wildman–Crippen MR) is 168 cm³/mol. The normalized spacial score (nSPS) is 20.4. The van der Waals surface area contributed by atoms with Gasteiger partial charge in [-0.25, -0.2) is 0 Å². The third-order valence-electron chi connectivity index (χ3n) is 9.06. The van der Waals surface area contributed by atoms with Gasteiger partial charge < -0.3 is 33.7 Å². The van der Waals surface area contributed by atoms with Crippen LogP contribution < -0.4 is 29.0 Å². The maximum atomic E-state index is 13.7. The Morgan fingerprint density at radius 2 is 1.53 bits per heavy atom. The van der Waals surface area contributed by atoms with Crippen molar-refractivity contribution in [2.75, 3.05) is 40.0 Å². The van der Waals surface area contributed by atoms with Gasteiger partial charge in [-0.2, -0.15) is 0 Å². The van der Waals surface area contributed by atoms with Crippen LogP contribution in [0.15, 0.2) is 72.8 Å². The maximum absolute atomic E-state index is 13.7. The predicted octanol–water partition coefficient (Wildman–Crippen LogP) is 5.67. The lowest BCUT2D eigenvalue weighted by atomic mass is 9.65. The van der Waals surface area contributed by atoms with Gasteiger partial charge in [-0.15, -0.1) is 0 Å². The number of carbonyl (C=O) groups excluding carboxylic acids is 2. The Balaban J connectivity index is 1.35. The van der Waals surface area contributed by atoms with Crippen LogP contribution >= 0.6 is 0 Å². The monoisotopic (exact) mass is 638 g/mol. The summed E-state index contributed by atoms with van der Waals surface area (Å²) in [5, 5.41) is 14.7. The van der Waals surface area contributed by atoms with Crippen molar-refractivity contribution in [3.63, 3.8) is 0 Å². The highest BCUT2D eigenvalue weighted by atomic mass is 16.7. The smallest absolute Gasteiger partial charge is 0.310 e. The van der Waals surface area contributed by atoms with E-state index >= 15 is 0 Å². The topological polar surface area (TPSA) is 145 Å². The Labute approximate surface area is 269 Å². The summed E-state index contributed by atoms with van der Waals surface area (Å²) >= 11 is 0. The Bertz CT molecular complexity index is 1880. The number of fused-ring (bicyclic) bond motifs is 3. The highest BCUT2D eigenvalue weighted by molar-refractivity contribution is 6.12. The van der Waals surface area contributed by atoms with E-state index in [2.05, 4.69) is 5.32 Å². The van der Waals surface area contributed by atoms with Gasteiger partial charge in [-0.1, -0.05) is 12.1 Å². The molecule has 7 rings (SSSR count). The van der Waals surface area contributed by atoms with Gasteiger partial charge in [-0.05, 0) is 65.2 Å². The molecule has 3 aliphatic rings. The minimum absolute atomic E-state index is 0.0621. The van der Waals surface area contributed by atoms with Crippen LogP contribution in [0, 0.1) is 22.0 Å². The second-order valence-corrected chi connectivity index (χ2v) is 11.4. The van der Waals surface area contributed by atoms with Crippen LogP contribution in [0.1, 0.15) is 44.6 Å². The van der Waals surface area contributed by atoms with Crippen molar-refractivity contribution in [1.29, 1.82) is 0 Å². The minimum atomic E-state index is -0.610. The van der Waals surface area contributed by atoms with E-state index in [4.69, 9.17) is 28.4 Å². The van der Waals surface area contributed by atoms with E-state index in [9.17, 15) is 19.7 Å². The van der Waals surface area contributed by atoms with Crippen molar-refractivity contribution in [3.05, 3.63) is 111 Å². The van der Waals surface area contributed by atoms with Crippen molar-refractivity contribution < 1.29 is 42.9 Å². The van der Waals surface area contributed by atoms with Gasteiger partial charge in [0.05, 0.1) is 44.8 Å². The molecule has 0 bridgehead atoms. The fourth-order valence-corrected chi connectivity index (χ4v) is 6.89. The number of esters is 1. The number of cyclic esters (lactones) is 1. The number of non-ortho nitro benzene ring substituents is 1. The van der Waals surface area contributed by atoms with Crippen molar-refractivity contribution >= 4 is 23.1 Å². The molecule has 1 N–H and O–H groups in total. The van der Waals surface area contributed by atoms with Gasteiger partial charge >= 0.3 is 5.97 Å². The number of hydrogen-bond acceptors (Lipinski definition) is 11. The van der Waals surface area contributed by atoms with E-state index < -0.39 is 22.8 Å². The number of para-hydroxylation sites is 1. The number of hydrogen-bond donors (Lipinski definition) is 1. The molecule has 0 aromatic heterocycles. The van der Waals surface area contributed by atoms with Crippen LogP contribution in [-0.2, 0) is 9.53 Å². The molecule has 0 radical (unpaired) electrons. The first-order chi connectivity index (χ1) is 22.8. The lowest BCUT2D eigenvalue weighted by Crippen LogP contribution is -2.38. The minimum Gasteiger partial charge on any atom is -0.493 e. The molecule has 4 aromatic carbocycles. The Kier molecular flexibility index (Phi) is 7.55. The number of nitrogens with one attached hydrogen (secondary N) is 1. The Morgan fingerprint density at radius 1 is 0.872 bits per heavy atom. The summed E-state index contributed by atoms with van der Waals surface area (Å²) in [6, 6.07) is 19.6. The number of nitro groups is 1. The molecule has 1 saturated heterocycles. The first-order valence-electron chi connectivity index (χ1n) is 14.9. The maximum Gasteiger partial charge on any atom is 0.310 e. The summed E-state index contributed by atoms with van der Waals surface area (Å²) in [6.45, 7) is 0.209. The molecule has 4 aromatic rings. The molecule has 4 atom stereocenters. The lowest BCUT2D eigenvalue weighted by molar-refractivity contribution is -0.384. The van der Waals surface area contributed by atoms with Crippen molar-refractivity contribution in [3.8, 4) is 28.7 Å². The lowest BCUT2D eigenvalue weighted by Gasteiger charge is -2.40. The summed E-state index contributed by atoms with van der Waals surface area (Å²) in [5.41, 5.74) is 3.54. The van der Waals surface area contributed by atoms with Crippen molar-refractivity contribution in [1.82, 2.24) is 0 Å². The molecule has 2 heterocycles. The number of nitro benzene ring substituents is 1. The summed E-state index contributed by atoms with van der Waals surface area (Å²) in [5.74, 6) is 0.369. The number of ether oxygens (including phenoxy) is 6. The number of methoxy groups -OCH3 is 3. The van der Waals surface area contributed by atoms with Crippen LogP contribution in [-0.4, -0.2) is 51.4 Å². The SMILES string of the molecule is COc1cc([C@@H]2c3cc4c(cc3[C@@H](Nc3ccccc3C(=O)c3ccc([N+](=O)[O-])cc3)[C@H]3COC(=O)[C@H]23)OCO4)cc(OC)c1OC. The van der Waals surface area contributed by atoms with Gasteiger partial charge in [-0.3, -0.25) is 19.7 Å². The zero-order valence-electron chi connectivity index (χ0n) is 25.7. The zero-order valence-corrected chi connectivity index (χ0v) is 25.7. The summed E-state index contributed by atoms with van der Waals surface area (Å²) in [7, 11) is 4.60. The van der Waals surface area contributed by atoms with Crippen LogP contribution in [0.3, 0.4) is 0 Å². The average Bonchev–Trinajstić information content (AvgIpc) is 3.72. The second-order valence-electron chi connectivity index (χ2n) is 11.4. The largest absolute Gasteiger partial charge is 0.493 e. The third kappa shape index (κ3) is 5.02. The van der Waals surface area contributed by atoms with Gasteiger partial charge in [0.1, 0.15) is 0 Å². The first kappa shape index (κ1) is 29.9. The molecule has 240 valence electrons.